The molecule has 2 bridgehead atoms. The molecular weight excluding hydrogens is 212 g/mol. The van der Waals surface area contributed by atoms with Gasteiger partial charge in [-0.3, -0.25) is 4.79 Å². The van der Waals surface area contributed by atoms with Crippen molar-refractivity contribution < 1.29 is 9.53 Å². The van der Waals surface area contributed by atoms with E-state index in [9.17, 15) is 4.79 Å². The van der Waals surface area contributed by atoms with Crippen LogP contribution >= 0.6 is 0 Å². The lowest BCUT2D eigenvalue weighted by molar-refractivity contribution is -0.135. The van der Waals surface area contributed by atoms with Crippen molar-refractivity contribution in [1.82, 2.24) is 0 Å². The van der Waals surface area contributed by atoms with E-state index in [2.05, 4.69) is 25.7 Å². The molecule has 17 heavy (non-hydrogen) atoms. The van der Waals surface area contributed by atoms with Gasteiger partial charge in [0, 0.05) is 11.8 Å². The van der Waals surface area contributed by atoms with Crippen LogP contribution in [0.3, 0.4) is 0 Å². The van der Waals surface area contributed by atoms with Crippen molar-refractivity contribution in [2.24, 2.45) is 10.8 Å². The molecule has 3 rings (SSSR count). The molecule has 0 unspecified atom stereocenters. The first-order chi connectivity index (χ1) is 8.15. The summed E-state index contributed by atoms with van der Waals surface area (Å²) >= 11 is 0. The largest absolute Gasteiger partial charge is 0.365 e. The Morgan fingerprint density at radius 2 is 2.24 bits per heavy atom. The molecule has 0 spiro atoms. The van der Waals surface area contributed by atoms with E-state index in [1.807, 2.05) is 6.08 Å². The fourth-order valence-corrected chi connectivity index (χ4v) is 4.21. The SMILES string of the molecule is C=CC[C@@]12C(=O)CCCC[C@]1(C)[C@@H]1C=C[C@@H]2O1. The third-order valence-electron chi connectivity index (χ3n) is 5.20. The summed E-state index contributed by atoms with van der Waals surface area (Å²) < 4.78 is 6.02. The molecule has 1 aliphatic carbocycles. The third-order valence-corrected chi connectivity index (χ3v) is 5.20. The summed E-state index contributed by atoms with van der Waals surface area (Å²) in [5.74, 6) is 0.397. The number of hydrogen-bond donors (Lipinski definition) is 0. The monoisotopic (exact) mass is 232 g/mol. The number of Topliss-reactive ketones (excluding diaryl/α,β-unsaturated/α-hetero) is 1. The number of carbonyl (C=O) groups is 1. The van der Waals surface area contributed by atoms with Crippen molar-refractivity contribution in [3.63, 3.8) is 0 Å². The lowest BCUT2D eigenvalue weighted by Gasteiger charge is -2.45. The predicted molar refractivity (Wildman–Crippen MR) is 66.6 cm³/mol. The van der Waals surface area contributed by atoms with E-state index < -0.39 is 0 Å². The van der Waals surface area contributed by atoms with E-state index in [0.717, 1.165) is 25.7 Å². The minimum Gasteiger partial charge on any atom is -0.365 e. The maximum Gasteiger partial charge on any atom is 0.142 e. The van der Waals surface area contributed by atoms with Crippen molar-refractivity contribution >= 4 is 5.78 Å². The molecule has 92 valence electrons. The second-order valence-electron chi connectivity index (χ2n) is 5.87. The number of ketones is 1. The van der Waals surface area contributed by atoms with Crippen LogP contribution in [-0.2, 0) is 9.53 Å². The molecule has 2 heteroatoms. The number of hydrogen-bond acceptors (Lipinski definition) is 2. The van der Waals surface area contributed by atoms with Gasteiger partial charge in [-0.1, -0.05) is 31.6 Å². The minimum atomic E-state index is -0.329. The van der Waals surface area contributed by atoms with Crippen LogP contribution in [0.25, 0.3) is 0 Å². The first kappa shape index (κ1) is 11.2. The van der Waals surface area contributed by atoms with Crippen molar-refractivity contribution in [2.75, 3.05) is 0 Å². The predicted octanol–water partition coefficient (Wildman–Crippen LogP) is 3.04. The van der Waals surface area contributed by atoms with Gasteiger partial charge in [0.2, 0.25) is 0 Å². The van der Waals surface area contributed by atoms with Gasteiger partial charge < -0.3 is 4.74 Å². The van der Waals surface area contributed by atoms with E-state index in [-0.39, 0.29) is 23.0 Å². The van der Waals surface area contributed by atoms with Gasteiger partial charge >= 0.3 is 0 Å². The zero-order valence-corrected chi connectivity index (χ0v) is 10.4. The molecule has 0 aromatic rings. The summed E-state index contributed by atoms with van der Waals surface area (Å²) in [6.45, 7) is 6.10. The Kier molecular flexibility index (Phi) is 2.34. The van der Waals surface area contributed by atoms with E-state index >= 15 is 0 Å². The molecule has 1 saturated heterocycles. The Morgan fingerprint density at radius 1 is 1.47 bits per heavy atom. The Balaban J connectivity index is 2.14. The molecule has 2 aliphatic heterocycles. The highest BCUT2D eigenvalue weighted by molar-refractivity contribution is 5.88. The first-order valence-electron chi connectivity index (χ1n) is 6.63. The zero-order valence-electron chi connectivity index (χ0n) is 10.4. The van der Waals surface area contributed by atoms with Gasteiger partial charge in [0.25, 0.3) is 0 Å². The second-order valence-corrected chi connectivity index (χ2v) is 5.87. The number of carbonyl (C=O) groups excluding carboxylic acids is 1. The molecule has 4 atom stereocenters. The number of fused-ring (bicyclic) bond motifs is 5. The third kappa shape index (κ3) is 1.17. The normalized spacial score (nSPS) is 47.9. The molecule has 0 amide bonds. The van der Waals surface area contributed by atoms with E-state index in [0.29, 0.717) is 12.2 Å². The van der Waals surface area contributed by atoms with Crippen molar-refractivity contribution in [3.8, 4) is 0 Å². The second kappa shape index (κ2) is 3.55. The van der Waals surface area contributed by atoms with Crippen LogP contribution in [0.2, 0.25) is 0 Å². The summed E-state index contributed by atoms with van der Waals surface area (Å²) in [5, 5.41) is 0. The van der Waals surface area contributed by atoms with Crippen molar-refractivity contribution in [2.45, 2.75) is 51.2 Å². The fourth-order valence-electron chi connectivity index (χ4n) is 4.21. The van der Waals surface area contributed by atoms with Gasteiger partial charge in [-0.25, -0.2) is 0 Å². The van der Waals surface area contributed by atoms with Crippen LogP contribution in [0.5, 0.6) is 0 Å². The van der Waals surface area contributed by atoms with Crippen LogP contribution in [0.4, 0.5) is 0 Å². The fraction of sp³-hybridized carbons (Fsp3) is 0.667. The van der Waals surface area contributed by atoms with Crippen molar-refractivity contribution in [1.29, 1.82) is 0 Å². The molecule has 0 aromatic heterocycles. The summed E-state index contributed by atoms with van der Waals surface area (Å²) in [6.07, 6.45) is 11.0. The smallest absolute Gasteiger partial charge is 0.142 e. The van der Waals surface area contributed by atoms with E-state index in [4.69, 9.17) is 4.74 Å². The van der Waals surface area contributed by atoms with Crippen LogP contribution in [0.15, 0.2) is 24.8 Å². The van der Waals surface area contributed by atoms with Gasteiger partial charge in [-0.05, 0) is 19.3 Å². The Hall–Kier alpha value is -0.890. The average molecular weight is 232 g/mol. The number of ether oxygens (including phenoxy) is 1. The minimum absolute atomic E-state index is 0.0129. The van der Waals surface area contributed by atoms with Gasteiger partial charge in [-0.2, -0.15) is 0 Å². The topological polar surface area (TPSA) is 26.3 Å². The van der Waals surface area contributed by atoms with Gasteiger partial charge in [0.05, 0.1) is 17.6 Å². The van der Waals surface area contributed by atoms with Crippen LogP contribution in [0, 0.1) is 10.8 Å². The van der Waals surface area contributed by atoms with Gasteiger partial charge in [0.15, 0.2) is 0 Å². The highest BCUT2D eigenvalue weighted by Gasteiger charge is 2.67. The highest BCUT2D eigenvalue weighted by atomic mass is 16.5. The molecule has 3 aliphatic rings. The van der Waals surface area contributed by atoms with Gasteiger partial charge in [0.1, 0.15) is 5.78 Å². The lowest BCUT2D eigenvalue weighted by atomic mass is 9.54. The summed E-state index contributed by atoms with van der Waals surface area (Å²) in [5.41, 5.74) is -0.348. The molecule has 1 saturated carbocycles. The van der Waals surface area contributed by atoms with Gasteiger partial charge in [-0.15, -0.1) is 6.58 Å². The Morgan fingerprint density at radius 3 is 3.00 bits per heavy atom. The molecule has 0 radical (unpaired) electrons. The quantitative estimate of drug-likeness (QED) is 0.684. The van der Waals surface area contributed by atoms with Crippen LogP contribution in [-0.4, -0.2) is 18.0 Å². The summed E-state index contributed by atoms with van der Waals surface area (Å²) in [7, 11) is 0. The van der Waals surface area contributed by atoms with Crippen LogP contribution < -0.4 is 0 Å². The number of rotatable bonds is 2. The molecule has 0 aromatic carbocycles. The Labute approximate surface area is 103 Å². The van der Waals surface area contributed by atoms with Crippen LogP contribution in [0.1, 0.15) is 39.0 Å². The average Bonchev–Trinajstić information content (AvgIpc) is 2.83. The molecule has 2 heterocycles. The standard InChI is InChI=1S/C15H20O2/c1-3-9-15-11(16)6-4-5-10-14(15,2)12-7-8-13(15)17-12/h3,7-8,12-13H,1,4-6,9-10H2,2H3/t12-,13-,14+,15-/m0/s1. The van der Waals surface area contributed by atoms with E-state index in [1.54, 1.807) is 0 Å². The van der Waals surface area contributed by atoms with E-state index in [1.165, 1.54) is 0 Å². The first-order valence-corrected chi connectivity index (χ1v) is 6.63. The maximum absolute atomic E-state index is 12.6. The number of allylic oxidation sites excluding steroid dienone is 1. The molecule has 2 nitrogen and oxygen atoms in total. The molecular formula is C15H20O2. The van der Waals surface area contributed by atoms with Crippen molar-refractivity contribution in [3.05, 3.63) is 24.8 Å². The summed E-state index contributed by atoms with van der Waals surface area (Å²) in [6, 6.07) is 0. The zero-order chi connectivity index (χ0) is 12.1. The lowest BCUT2D eigenvalue weighted by Crippen LogP contribution is -2.50. The Bertz CT molecular complexity index is 398. The highest BCUT2D eigenvalue weighted by Crippen LogP contribution is 2.63. The maximum atomic E-state index is 12.6. The molecule has 0 N–H and O–H groups in total. The summed E-state index contributed by atoms with van der Waals surface area (Å²) in [4.78, 5) is 12.6. The molecule has 2 fully saturated rings.